The highest BCUT2D eigenvalue weighted by molar-refractivity contribution is 6.22. The maximum absolute atomic E-state index is 6.68. The van der Waals surface area contributed by atoms with Crippen molar-refractivity contribution in [3.8, 4) is 0 Å². The molecule has 0 spiro atoms. The van der Waals surface area contributed by atoms with Crippen molar-refractivity contribution in [2.45, 2.75) is 45.4 Å². The van der Waals surface area contributed by atoms with Crippen molar-refractivity contribution in [2.75, 3.05) is 0 Å². The summed E-state index contributed by atoms with van der Waals surface area (Å²) >= 11 is 6.68. The molecule has 0 saturated carbocycles. The predicted molar refractivity (Wildman–Crippen MR) is 81.0 cm³/mol. The van der Waals surface area contributed by atoms with Crippen LogP contribution < -0.4 is 0 Å². The first-order valence-corrected chi connectivity index (χ1v) is 7.45. The van der Waals surface area contributed by atoms with E-state index in [4.69, 9.17) is 16.0 Å². The summed E-state index contributed by atoms with van der Waals surface area (Å²) in [5.41, 5.74) is 6.42. The zero-order chi connectivity index (χ0) is 13.8. The third-order valence-corrected chi connectivity index (χ3v) is 4.14. The van der Waals surface area contributed by atoms with Gasteiger partial charge in [-0.15, -0.1) is 11.6 Å². The minimum absolute atomic E-state index is 0.116. The first-order valence-electron chi connectivity index (χ1n) is 7.01. The topological polar surface area (TPSA) is 13.1 Å². The predicted octanol–water partition coefficient (Wildman–Crippen LogP) is 5.30. The fourth-order valence-electron chi connectivity index (χ4n) is 2.55. The largest absolute Gasteiger partial charge is 0.472 e. The SMILES string of the molecule is CCc1cc(CC)c(C(Cl)c2ccoc2)c(CC)c1. The number of benzene rings is 1. The second-order valence-electron chi connectivity index (χ2n) is 4.81. The minimum Gasteiger partial charge on any atom is -0.472 e. The number of aryl methyl sites for hydroxylation is 3. The molecule has 102 valence electrons. The van der Waals surface area contributed by atoms with E-state index >= 15 is 0 Å². The highest BCUT2D eigenvalue weighted by Crippen LogP contribution is 2.35. The molecular formula is C17H21ClO. The lowest BCUT2D eigenvalue weighted by Crippen LogP contribution is -2.04. The van der Waals surface area contributed by atoms with Crippen LogP contribution >= 0.6 is 11.6 Å². The molecule has 1 atom stereocenters. The van der Waals surface area contributed by atoms with Gasteiger partial charge in [-0.1, -0.05) is 32.9 Å². The summed E-state index contributed by atoms with van der Waals surface area (Å²) in [6.07, 6.45) is 6.51. The quantitative estimate of drug-likeness (QED) is 0.676. The Balaban J connectivity index is 2.54. The Kier molecular flexibility index (Phi) is 4.71. The van der Waals surface area contributed by atoms with Gasteiger partial charge in [0.1, 0.15) is 0 Å². The van der Waals surface area contributed by atoms with Gasteiger partial charge in [-0.05, 0) is 47.6 Å². The summed E-state index contributed by atoms with van der Waals surface area (Å²) in [7, 11) is 0. The van der Waals surface area contributed by atoms with Crippen LogP contribution in [0, 0.1) is 0 Å². The van der Waals surface area contributed by atoms with Crippen LogP contribution in [0.4, 0.5) is 0 Å². The van der Waals surface area contributed by atoms with Crippen molar-refractivity contribution < 1.29 is 4.42 Å². The highest BCUT2D eigenvalue weighted by atomic mass is 35.5. The van der Waals surface area contributed by atoms with Crippen LogP contribution in [0.15, 0.2) is 35.1 Å². The Labute approximate surface area is 120 Å². The van der Waals surface area contributed by atoms with Crippen molar-refractivity contribution in [1.29, 1.82) is 0 Å². The van der Waals surface area contributed by atoms with Crippen molar-refractivity contribution in [3.05, 3.63) is 58.5 Å². The third-order valence-electron chi connectivity index (χ3n) is 3.67. The third kappa shape index (κ3) is 2.87. The molecule has 1 nitrogen and oxygen atoms in total. The Morgan fingerprint density at radius 1 is 1.05 bits per heavy atom. The average molecular weight is 277 g/mol. The molecule has 0 fully saturated rings. The van der Waals surface area contributed by atoms with Crippen molar-refractivity contribution >= 4 is 11.6 Å². The lowest BCUT2D eigenvalue weighted by molar-refractivity contribution is 0.564. The Hall–Kier alpha value is -1.21. The summed E-state index contributed by atoms with van der Waals surface area (Å²) in [4.78, 5) is 0. The van der Waals surface area contributed by atoms with Gasteiger partial charge < -0.3 is 4.42 Å². The molecule has 2 rings (SSSR count). The Morgan fingerprint density at radius 3 is 2.11 bits per heavy atom. The van der Waals surface area contributed by atoms with Crippen LogP contribution in [0.3, 0.4) is 0 Å². The second kappa shape index (κ2) is 6.29. The molecule has 1 aromatic heterocycles. The van der Waals surface area contributed by atoms with Gasteiger partial charge in [0, 0.05) is 5.56 Å². The van der Waals surface area contributed by atoms with Crippen LogP contribution in [-0.4, -0.2) is 0 Å². The number of halogens is 1. The molecule has 19 heavy (non-hydrogen) atoms. The van der Waals surface area contributed by atoms with Gasteiger partial charge in [0.25, 0.3) is 0 Å². The van der Waals surface area contributed by atoms with Crippen molar-refractivity contribution in [3.63, 3.8) is 0 Å². The van der Waals surface area contributed by atoms with Gasteiger partial charge in [-0.3, -0.25) is 0 Å². The van der Waals surface area contributed by atoms with E-state index in [1.165, 1.54) is 22.3 Å². The molecule has 0 aliphatic rings. The van der Waals surface area contributed by atoms with E-state index in [0.717, 1.165) is 24.8 Å². The second-order valence-corrected chi connectivity index (χ2v) is 5.24. The summed E-state index contributed by atoms with van der Waals surface area (Å²) in [6.45, 7) is 6.58. The van der Waals surface area contributed by atoms with Crippen LogP contribution in [0.5, 0.6) is 0 Å². The molecule has 0 saturated heterocycles. The molecule has 1 unspecified atom stereocenters. The first-order chi connectivity index (χ1) is 9.21. The number of hydrogen-bond acceptors (Lipinski definition) is 1. The van der Waals surface area contributed by atoms with Gasteiger partial charge in [-0.25, -0.2) is 0 Å². The van der Waals surface area contributed by atoms with E-state index in [-0.39, 0.29) is 5.38 Å². The van der Waals surface area contributed by atoms with E-state index in [1.807, 2.05) is 6.07 Å². The maximum Gasteiger partial charge on any atom is 0.0952 e. The summed E-state index contributed by atoms with van der Waals surface area (Å²) < 4.78 is 5.16. The highest BCUT2D eigenvalue weighted by Gasteiger charge is 2.19. The number of hydrogen-bond donors (Lipinski definition) is 0. The molecule has 0 bridgehead atoms. The maximum atomic E-state index is 6.68. The van der Waals surface area contributed by atoms with E-state index < -0.39 is 0 Å². The number of rotatable bonds is 5. The van der Waals surface area contributed by atoms with Crippen molar-refractivity contribution in [2.24, 2.45) is 0 Å². The van der Waals surface area contributed by atoms with Gasteiger partial charge in [-0.2, -0.15) is 0 Å². The van der Waals surface area contributed by atoms with Crippen LogP contribution in [0.2, 0.25) is 0 Å². The van der Waals surface area contributed by atoms with Crippen molar-refractivity contribution in [1.82, 2.24) is 0 Å². The molecule has 0 aliphatic carbocycles. The fraction of sp³-hybridized carbons (Fsp3) is 0.412. The first kappa shape index (κ1) is 14.2. The Bertz CT molecular complexity index is 503. The van der Waals surface area contributed by atoms with E-state index in [0.29, 0.717) is 0 Å². The van der Waals surface area contributed by atoms with Gasteiger partial charge in [0.2, 0.25) is 0 Å². The fourth-order valence-corrected chi connectivity index (χ4v) is 2.96. The molecule has 0 radical (unpaired) electrons. The number of furan rings is 1. The zero-order valence-corrected chi connectivity index (χ0v) is 12.6. The lowest BCUT2D eigenvalue weighted by Gasteiger charge is -2.19. The summed E-state index contributed by atoms with van der Waals surface area (Å²) in [5.74, 6) is 0. The van der Waals surface area contributed by atoms with Crippen LogP contribution in [0.25, 0.3) is 0 Å². The normalized spacial score (nSPS) is 12.6. The lowest BCUT2D eigenvalue weighted by atomic mass is 9.90. The standard InChI is InChI=1S/C17H21ClO/c1-4-12-9-13(5-2)16(14(6-3)10-12)17(18)15-7-8-19-11-15/h7-11,17H,4-6H2,1-3H3. The monoisotopic (exact) mass is 276 g/mol. The molecule has 1 aromatic carbocycles. The zero-order valence-electron chi connectivity index (χ0n) is 11.9. The molecule has 0 N–H and O–H groups in total. The summed E-state index contributed by atoms with van der Waals surface area (Å²) in [6, 6.07) is 6.54. The molecule has 0 amide bonds. The van der Waals surface area contributed by atoms with Gasteiger partial charge in [0.15, 0.2) is 0 Å². The molecule has 2 aromatic rings. The average Bonchev–Trinajstić information content (AvgIpc) is 2.99. The smallest absolute Gasteiger partial charge is 0.0952 e. The van der Waals surface area contributed by atoms with Crippen LogP contribution in [-0.2, 0) is 19.3 Å². The van der Waals surface area contributed by atoms with E-state index in [2.05, 4.69) is 32.9 Å². The Morgan fingerprint density at radius 2 is 1.68 bits per heavy atom. The number of alkyl halides is 1. The molecule has 1 heterocycles. The molecule has 2 heteroatoms. The van der Waals surface area contributed by atoms with Gasteiger partial charge >= 0.3 is 0 Å². The van der Waals surface area contributed by atoms with Crippen LogP contribution in [0.1, 0.15) is 54.0 Å². The van der Waals surface area contributed by atoms with Gasteiger partial charge in [0.05, 0.1) is 17.9 Å². The molecule has 0 aliphatic heterocycles. The van der Waals surface area contributed by atoms with E-state index in [9.17, 15) is 0 Å². The molecular weight excluding hydrogens is 256 g/mol. The summed E-state index contributed by atoms with van der Waals surface area (Å²) in [5, 5.41) is -0.116. The van der Waals surface area contributed by atoms with E-state index in [1.54, 1.807) is 12.5 Å². The minimum atomic E-state index is -0.116.